The van der Waals surface area contributed by atoms with Crippen LogP contribution >= 0.6 is 11.3 Å². The molecular formula is C21H22N6OS. The van der Waals surface area contributed by atoms with E-state index in [-0.39, 0.29) is 11.9 Å². The maximum absolute atomic E-state index is 12.1. The fourth-order valence-electron chi connectivity index (χ4n) is 3.11. The highest BCUT2D eigenvalue weighted by Gasteiger charge is 2.15. The molecule has 3 aromatic heterocycles. The first-order chi connectivity index (χ1) is 13.9. The minimum atomic E-state index is -0.0610. The number of fused-ring (bicyclic) bond motifs is 3. The number of amides is 1. The molecule has 7 nitrogen and oxygen atoms in total. The van der Waals surface area contributed by atoms with Crippen molar-refractivity contribution in [2.24, 2.45) is 0 Å². The smallest absolute Gasteiger partial charge is 0.251 e. The van der Waals surface area contributed by atoms with Crippen LogP contribution in [-0.2, 0) is 6.54 Å². The van der Waals surface area contributed by atoms with Crippen LogP contribution < -0.4 is 10.6 Å². The summed E-state index contributed by atoms with van der Waals surface area (Å²) in [6.45, 7) is 8.49. The number of rotatable bonds is 5. The molecule has 8 heteroatoms. The lowest BCUT2D eigenvalue weighted by Gasteiger charge is -2.09. The number of anilines is 1. The number of hydrogen-bond acceptors (Lipinski definition) is 7. The second kappa shape index (κ2) is 7.71. The van der Waals surface area contributed by atoms with E-state index < -0.39 is 0 Å². The largest absolute Gasteiger partial charge is 0.365 e. The van der Waals surface area contributed by atoms with Gasteiger partial charge in [-0.05, 0) is 51.0 Å². The van der Waals surface area contributed by atoms with Gasteiger partial charge in [0.05, 0.1) is 15.9 Å². The fraction of sp³-hybridized carbons (Fsp3) is 0.286. The predicted octanol–water partition coefficient (Wildman–Crippen LogP) is 4.00. The van der Waals surface area contributed by atoms with Crippen molar-refractivity contribution in [2.45, 2.75) is 40.3 Å². The summed E-state index contributed by atoms with van der Waals surface area (Å²) in [6, 6.07) is 7.69. The highest BCUT2D eigenvalue weighted by atomic mass is 32.1. The minimum Gasteiger partial charge on any atom is -0.365 e. The first-order valence-electron chi connectivity index (χ1n) is 9.45. The van der Waals surface area contributed by atoms with Gasteiger partial charge >= 0.3 is 0 Å². The molecule has 1 aromatic carbocycles. The highest BCUT2D eigenvalue weighted by Crippen LogP contribution is 2.36. The van der Waals surface area contributed by atoms with Crippen LogP contribution in [0.25, 0.3) is 20.4 Å². The Morgan fingerprint density at radius 3 is 2.59 bits per heavy atom. The van der Waals surface area contributed by atoms with Gasteiger partial charge in [0.15, 0.2) is 0 Å². The molecule has 0 aliphatic carbocycles. The monoisotopic (exact) mass is 406 g/mol. The summed E-state index contributed by atoms with van der Waals surface area (Å²) in [4.78, 5) is 21.9. The van der Waals surface area contributed by atoms with Crippen molar-refractivity contribution in [3.63, 3.8) is 0 Å². The number of nitrogens with zero attached hydrogens (tertiary/aromatic N) is 4. The Balaban J connectivity index is 1.57. The number of aromatic nitrogens is 4. The normalized spacial score (nSPS) is 11.3. The van der Waals surface area contributed by atoms with E-state index in [9.17, 15) is 4.79 Å². The Bertz CT molecular complexity index is 1200. The standard InChI is InChI=1S/C21H22N6OS/c1-11(2)25-20(28)15-7-5-14(6-8-15)9-22-19-18-17(23-10-24-19)16-12(3)13(4)26-27-21(16)29-18/h5-8,10-11H,9H2,1-4H3,(H,25,28)(H,22,23,24). The van der Waals surface area contributed by atoms with Crippen LogP contribution in [0.5, 0.6) is 0 Å². The maximum Gasteiger partial charge on any atom is 0.251 e. The van der Waals surface area contributed by atoms with Crippen molar-refractivity contribution in [1.29, 1.82) is 0 Å². The van der Waals surface area contributed by atoms with Crippen LogP contribution in [0.3, 0.4) is 0 Å². The number of aryl methyl sites for hydroxylation is 2. The summed E-state index contributed by atoms with van der Waals surface area (Å²) >= 11 is 1.54. The number of hydrogen-bond donors (Lipinski definition) is 2. The van der Waals surface area contributed by atoms with Crippen LogP contribution in [0.2, 0.25) is 0 Å². The maximum atomic E-state index is 12.1. The number of carbonyl (C=O) groups is 1. The van der Waals surface area contributed by atoms with Crippen molar-refractivity contribution >= 4 is 43.5 Å². The third-order valence-corrected chi connectivity index (χ3v) is 5.83. The van der Waals surface area contributed by atoms with Crippen molar-refractivity contribution in [2.75, 3.05) is 5.32 Å². The second-order valence-corrected chi connectivity index (χ2v) is 8.27. The number of benzene rings is 1. The molecule has 0 bridgehead atoms. The summed E-state index contributed by atoms with van der Waals surface area (Å²) in [5.74, 6) is 0.714. The average Bonchev–Trinajstić information content (AvgIpc) is 3.09. The Kier molecular flexibility index (Phi) is 5.10. The van der Waals surface area contributed by atoms with E-state index in [0.717, 1.165) is 43.1 Å². The Morgan fingerprint density at radius 1 is 1.10 bits per heavy atom. The van der Waals surface area contributed by atoms with Crippen molar-refractivity contribution in [3.05, 3.63) is 53.0 Å². The van der Waals surface area contributed by atoms with Gasteiger partial charge < -0.3 is 10.6 Å². The van der Waals surface area contributed by atoms with E-state index in [1.54, 1.807) is 17.7 Å². The molecule has 0 spiro atoms. The lowest BCUT2D eigenvalue weighted by molar-refractivity contribution is 0.0943. The van der Waals surface area contributed by atoms with Gasteiger partial charge in [0.25, 0.3) is 5.91 Å². The predicted molar refractivity (Wildman–Crippen MR) is 116 cm³/mol. The first kappa shape index (κ1) is 19.2. The molecule has 4 aromatic rings. The van der Waals surface area contributed by atoms with Crippen LogP contribution in [-0.4, -0.2) is 32.1 Å². The van der Waals surface area contributed by atoms with Gasteiger partial charge in [-0.25, -0.2) is 9.97 Å². The van der Waals surface area contributed by atoms with Crippen LogP contribution in [0.1, 0.15) is 41.0 Å². The van der Waals surface area contributed by atoms with Gasteiger partial charge in [-0.3, -0.25) is 4.79 Å². The topological polar surface area (TPSA) is 92.7 Å². The lowest BCUT2D eigenvalue weighted by Crippen LogP contribution is -2.30. The Hall–Kier alpha value is -3.13. The zero-order chi connectivity index (χ0) is 20.5. The number of carbonyl (C=O) groups excluding carboxylic acids is 1. The molecule has 148 valence electrons. The second-order valence-electron chi connectivity index (χ2n) is 7.27. The molecule has 0 saturated heterocycles. The van der Waals surface area contributed by atoms with Crippen LogP contribution in [0.15, 0.2) is 30.6 Å². The molecule has 2 N–H and O–H groups in total. The third kappa shape index (κ3) is 3.75. The number of thiophene rings is 1. The zero-order valence-corrected chi connectivity index (χ0v) is 17.6. The molecule has 0 saturated carbocycles. The summed E-state index contributed by atoms with van der Waals surface area (Å²) in [5.41, 5.74) is 4.62. The third-order valence-electron chi connectivity index (χ3n) is 4.76. The average molecular weight is 407 g/mol. The molecule has 0 fully saturated rings. The molecule has 0 unspecified atom stereocenters. The van der Waals surface area contributed by atoms with Crippen LogP contribution in [0.4, 0.5) is 5.82 Å². The Labute approximate surface area is 172 Å². The molecule has 0 atom stereocenters. The molecule has 0 aliphatic heterocycles. The molecule has 4 rings (SSSR count). The van der Waals surface area contributed by atoms with Crippen molar-refractivity contribution in [3.8, 4) is 0 Å². The van der Waals surface area contributed by atoms with Gasteiger partial charge in [-0.1, -0.05) is 12.1 Å². The summed E-state index contributed by atoms with van der Waals surface area (Å²) in [6.07, 6.45) is 1.57. The highest BCUT2D eigenvalue weighted by molar-refractivity contribution is 7.25. The summed E-state index contributed by atoms with van der Waals surface area (Å²) in [7, 11) is 0. The quantitative estimate of drug-likeness (QED) is 0.520. The zero-order valence-electron chi connectivity index (χ0n) is 16.8. The van der Waals surface area contributed by atoms with Gasteiger partial charge in [-0.2, -0.15) is 5.10 Å². The van der Waals surface area contributed by atoms with E-state index in [1.807, 2.05) is 52.0 Å². The van der Waals surface area contributed by atoms with E-state index >= 15 is 0 Å². The molecule has 1 amide bonds. The summed E-state index contributed by atoms with van der Waals surface area (Å²) in [5, 5.41) is 15.9. The van der Waals surface area contributed by atoms with Crippen molar-refractivity contribution < 1.29 is 4.79 Å². The van der Waals surface area contributed by atoms with E-state index in [0.29, 0.717) is 12.1 Å². The van der Waals surface area contributed by atoms with Gasteiger partial charge in [0, 0.05) is 23.5 Å². The SMILES string of the molecule is Cc1nnc2sc3c(NCc4ccc(C(=O)NC(C)C)cc4)ncnc3c2c1C. The first-order valence-corrected chi connectivity index (χ1v) is 10.3. The summed E-state index contributed by atoms with van der Waals surface area (Å²) < 4.78 is 0.971. The van der Waals surface area contributed by atoms with Gasteiger partial charge in [-0.15, -0.1) is 16.4 Å². The lowest BCUT2D eigenvalue weighted by atomic mass is 10.1. The van der Waals surface area contributed by atoms with E-state index in [1.165, 1.54) is 0 Å². The fourth-order valence-corrected chi connectivity index (χ4v) is 4.21. The van der Waals surface area contributed by atoms with Crippen LogP contribution in [0, 0.1) is 13.8 Å². The van der Waals surface area contributed by atoms with Crippen molar-refractivity contribution in [1.82, 2.24) is 25.5 Å². The van der Waals surface area contributed by atoms with Gasteiger partial charge in [0.2, 0.25) is 0 Å². The van der Waals surface area contributed by atoms with E-state index in [2.05, 4.69) is 30.8 Å². The molecule has 3 heterocycles. The minimum absolute atomic E-state index is 0.0610. The molecule has 29 heavy (non-hydrogen) atoms. The van der Waals surface area contributed by atoms with E-state index in [4.69, 9.17) is 0 Å². The number of nitrogens with one attached hydrogen (secondary N) is 2. The molecule has 0 aliphatic rings. The molecule has 0 radical (unpaired) electrons. The Morgan fingerprint density at radius 2 is 1.86 bits per heavy atom. The van der Waals surface area contributed by atoms with Gasteiger partial charge in [0.1, 0.15) is 17.0 Å². The molecular weight excluding hydrogens is 384 g/mol.